The Morgan fingerprint density at radius 3 is 2.87 bits per heavy atom. The van der Waals surface area contributed by atoms with Gasteiger partial charge in [-0.1, -0.05) is 22.9 Å². The average molecular weight is 274 g/mol. The van der Waals surface area contributed by atoms with Crippen molar-refractivity contribution in [3.8, 4) is 0 Å². The summed E-state index contributed by atoms with van der Waals surface area (Å²) in [6, 6.07) is 2.75. The molecular weight excluding hydrogens is 262 g/mol. The smallest absolute Gasteiger partial charge is 0.271 e. The van der Waals surface area contributed by atoms with Crippen LogP contribution in [0.15, 0.2) is 16.9 Å². The molecule has 0 fully saturated rings. The summed E-state index contributed by atoms with van der Waals surface area (Å²) < 4.78 is 0. The van der Waals surface area contributed by atoms with E-state index in [1.807, 2.05) is 6.92 Å². The van der Waals surface area contributed by atoms with Gasteiger partial charge in [0.15, 0.2) is 0 Å². The Morgan fingerprint density at radius 2 is 2.40 bits per heavy atom. The molecule has 1 aromatic rings. The van der Waals surface area contributed by atoms with Crippen LogP contribution in [0.4, 0.5) is 0 Å². The van der Waals surface area contributed by atoms with Gasteiger partial charge in [-0.2, -0.15) is 5.10 Å². The van der Waals surface area contributed by atoms with E-state index in [2.05, 4.69) is 31.4 Å². The molecule has 1 atom stereocenters. The van der Waals surface area contributed by atoms with Crippen LogP contribution >= 0.6 is 15.9 Å². The van der Waals surface area contributed by atoms with Crippen molar-refractivity contribution in [2.45, 2.75) is 19.4 Å². The zero-order chi connectivity index (χ0) is 11.3. The number of carbonyl (C=O) groups is 1. The van der Waals surface area contributed by atoms with E-state index in [4.69, 9.17) is 0 Å². The molecule has 0 saturated heterocycles. The minimum absolute atomic E-state index is 0.0752. The second-order valence-corrected chi connectivity index (χ2v) is 3.69. The Balaban J connectivity index is 2.68. The highest BCUT2D eigenvalue weighted by atomic mass is 79.9. The number of halogens is 1. The first kappa shape index (κ1) is 11.9. The summed E-state index contributed by atoms with van der Waals surface area (Å²) in [5.74, 6) is -0.280. The van der Waals surface area contributed by atoms with E-state index in [1.165, 1.54) is 12.1 Å². The van der Waals surface area contributed by atoms with Crippen molar-refractivity contribution in [1.82, 2.24) is 15.5 Å². The second kappa shape index (κ2) is 5.65. The largest absolute Gasteiger partial charge is 0.347 e. The number of nitrogens with zero attached hydrogens (tertiary/aromatic N) is 1. The van der Waals surface area contributed by atoms with Gasteiger partial charge >= 0.3 is 0 Å². The van der Waals surface area contributed by atoms with Crippen LogP contribution in [-0.2, 0) is 0 Å². The maximum Gasteiger partial charge on any atom is 0.271 e. The molecule has 0 radical (unpaired) electrons. The Bertz CT molecular complexity index is 367. The average Bonchev–Trinajstić information content (AvgIpc) is 2.26. The Morgan fingerprint density at radius 1 is 1.67 bits per heavy atom. The monoisotopic (exact) mass is 273 g/mol. The fraction of sp³-hybridized carbons (Fsp3) is 0.444. The van der Waals surface area contributed by atoms with Gasteiger partial charge in [-0.05, 0) is 12.5 Å². The number of carbonyl (C=O) groups excluding carboxylic acids is 1. The first-order valence-corrected chi connectivity index (χ1v) is 5.72. The lowest BCUT2D eigenvalue weighted by molar-refractivity contribution is 0.0934. The van der Waals surface area contributed by atoms with Crippen molar-refractivity contribution < 1.29 is 4.79 Å². The molecule has 0 aromatic carbocycles. The first-order chi connectivity index (χ1) is 7.17. The summed E-state index contributed by atoms with van der Waals surface area (Å²) in [6.07, 6.45) is 0.834. The molecule has 6 heteroatoms. The molecule has 0 aliphatic heterocycles. The predicted octanol–water partition coefficient (Wildman–Crippen LogP) is 0.673. The van der Waals surface area contributed by atoms with Crippen molar-refractivity contribution in [3.63, 3.8) is 0 Å². The SMILES string of the molecule is CCC(CBr)NC(=O)c1ccc(=O)[nH]n1. The zero-order valence-electron chi connectivity index (χ0n) is 8.29. The van der Waals surface area contributed by atoms with E-state index < -0.39 is 0 Å². The van der Waals surface area contributed by atoms with Gasteiger partial charge in [0.1, 0.15) is 5.69 Å². The number of H-pyrrole nitrogens is 1. The van der Waals surface area contributed by atoms with E-state index in [-0.39, 0.29) is 23.2 Å². The molecule has 5 nitrogen and oxygen atoms in total. The number of rotatable bonds is 4. The molecule has 0 aliphatic carbocycles. The molecular formula is C9H12BrN3O2. The molecule has 0 bridgehead atoms. The fourth-order valence-corrected chi connectivity index (χ4v) is 1.60. The molecule has 2 N–H and O–H groups in total. The third-order valence-corrected chi connectivity index (χ3v) is 2.71. The summed E-state index contributed by atoms with van der Waals surface area (Å²) in [4.78, 5) is 22.3. The van der Waals surface area contributed by atoms with Crippen molar-refractivity contribution in [2.75, 3.05) is 5.33 Å². The highest BCUT2D eigenvalue weighted by molar-refractivity contribution is 9.09. The predicted molar refractivity (Wildman–Crippen MR) is 60.2 cm³/mol. The minimum Gasteiger partial charge on any atom is -0.347 e. The van der Waals surface area contributed by atoms with Crippen LogP contribution < -0.4 is 10.9 Å². The number of nitrogens with one attached hydrogen (secondary N) is 2. The number of hydrogen-bond acceptors (Lipinski definition) is 3. The summed E-state index contributed by atoms with van der Waals surface area (Å²) in [5, 5.41) is 9.32. The maximum atomic E-state index is 11.6. The molecule has 0 aliphatic rings. The van der Waals surface area contributed by atoms with E-state index in [9.17, 15) is 9.59 Å². The van der Waals surface area contributed by atoms with Gasteiger partial charge in [-0.3, -0.25) is 9.59 Å². The van der Waals surface area contributed by atoms with Crippen molar-refractivity contribution in [3.05, 3.63) is 28.2 Å². The third kappa shape index (κ3) is 3.47. The van der Waals surface area contributed by atoms with E-state index in [1.54, 1.807) is 0 Å². The summed E-state index contributed by atoms with van der Waals surface area (Å²) in [5.41, 5.74) is -0.104. The highest BCUT2D eigenvalue weighted by Crippen LogP contribution is 1.98. The third-order valence-electron chi connectivity index (χ3n) is 1.93. The van der Waals surface area contributed by atoms with Crippen LogP contribution in [0.1, 0.15) is 23.8 Å². The van der Waals surface area contributed by atoms with Crippen LogP contribution in [0.3, 0.4) is 0 Å². The van der Waals surface area contributed by atoms with Crippen LogP contribution in [0.25, 0.3) is 0 Å². The molecule has 1 unspecified atom stereocenters. The van der Waals surface area contributed by atoms with Crippen molar-refractivity contribution in [1.29, 1.82) is 0 Å². The number of amides is 1. The van der Waals surface area contributed by atoms with Crippen LogP contribution in [0.2, 0.25) is 0 Å². The molecule has 15 heavy (non-hydrogen) atoms. The van der Waals surface area contributed by atoms with Gasteiger partial charge in [-0.25, -0.2) is 5.10 Å². The number of hydrogen-bond donors (Lipinski definition) is 2. The van der Waals surface area contributed by atoms with Crippen LogP contribution in [0.5, 0.6) is 0 Å². The maximum absolute atomic E-state index is 11.6. The van der Waals surface area contributed by atoms with E-state index in [0.717, 1.165) is 6.42 Å². The lowest BCUT2D eigenvalue weighted by Crippen LogP contribution is -2.36. The van der Waals surface area contributed by atoms with Gasteiger partial charge in [0.25, 0.3) is 11.5 Å². The lowest BCUT2D eigenvalue weighted by Gasteiger charge is -2.12. The molecule has 1 aromatic heterocycles. The Kier molecular flexibility index (Phi) is 4.48. The van der Waals surface area contributed by atoms with Crippen LogP contribution in [-0.4, -0.2) is 27.5 Å². The lowest BCUT2D eigenvalue weighted by atomic mass is 10.2. The molecule has 82 valence electrons. The normalized spacial score (nSPS) is 12.1. The summed E-state index contributed by atoms with van der Waals surface area (Å²) in [6.45, 7) is 1.98. The minimum atomic E-state index is -0.320. The van der Waals surface area contributed by atoms with Gasteiger partial charge < -0.3 is 5.32 Å². The fourth-order valence-electron chi connectivity index (χ4n) is 0.980. The summed E-state index contributed by atoms with van der Waals surface area (Å²) >= 11 is 3.30. The first-order valence-electron chi connectivity index (χ1n) is 4.60. The Labute approximate surface area is 95.4 Å². The highest BCUT2D eigenvalue weighted by Gasteiger charge is 2.11. The summed E-state index contributed by atoms with van der Waals surface area (Å²) in [7, 11) is 0. The quantitative estimate of drug-likeness (QED) is 0.792. The molecule has 0 spiro atoms. The van der Waals surface area contributed by atoms with E-state index >= 15 is 0 Å². The van der Waals surface area contributed by atoms with Crippen molar-refractivity contribution >= 4 is 21.8 Å². The number of aromatic amines is 1. The Hall–Kier alpha value is -1.17. The second-order valence-electron chi connectivity index (χ2n) is 3.04. The van der Waals surface area contributed by atoms with Gasteiger partial charge in [0.2, 0.25) is 0 Å². The van der Waals surface area contributed by atoms with Gasteiger partial charge in [-0.15, -0.1) is 0 Å². The van der Waals surface area contributed by atoms with E-state index in [0.29, 0.717) is 5.33 Å². The standard InChI is InChI=1S/C9H12BrN3O2/c1-2-6(5-10)11-9(15)7-3-4-8(14)13-12-7/h3-4,6H,2,5H2,1H3,(H,11,15)(H,13,14). The van der Waals surface area contributed by atoms with Gasteiger partial charge in [0.05, 0.1) is 0 Å². The molecule has 1 rings (SSSR count). The van der Waals surface area contributed by atoms with Gasteiger partial charge in [0, 0.05) is 17.4 Å². The molecule has 1 amide bonds. The molecule has 0 saturated carbocycles. The number of aromatic nitrogens is 2. The van der Waals surface area contributed by atoms with Crippen LogP contribution in [0, 0.1) is 0 Å². The zero-order valence-corrected chi connectivity index (χ0v) is 9.87. The molecule has 1 heterocycles. The topological polar surface area (TPSA) is 74.8 Å². The van der Waals surface area contributed by atoms with Crippen molar-refractivity contribution in [2.24, 2.45) is 0 Å². The number of alkyl halides is 1.